The van der Waals surface area contributed by atoms with Crippen LogP contribution < -0.4 is 9.47 Å². The molecule has 0 radical (unpaired) electrons. The van der Waals surface area contributed by atoms with Crippen LogP contribution in [0.4, 0.5) is 0 Å². The summed E-state index contributed by atoms with van der Waals surface area (Å²) < 4.78 is 18.6. The maximum atomic E-state index is 12.3. The molecular weight excluding hydrogens is 619 g/mol. The van der Waals surface area contributed by atoms with Gasteiger partial charge in [0.25, 0.3) is 0 Å². The first-order valence-corrected chi connectivity index (χ1v) is 11.1. The Morgan fingerprint density at radius 1 is 1.24 bits per heavy atom. The Bertz CT molecular complexity index is 1030. The van der Waals surface area contributed by atoms with Crippen LogP contribution in [0, 0.1) is 7.14 Å². The van der Waals surface area contributed by atoms with Crippen LogP contribution in [0.5, 0.6) is 11.5 Å². The zero-order valence-corrected chi connectivity index (χ0v) is 20.4. The van der Waals surface area contributed by atoms with Crippen molar-refractivity contribution in [1.82, 2.24) is 0 Å². The number of cyclic esters (lactones) is 1. The summed E-state index contributed by atoms with van der Waals surface area (Å²) in [6.45, 7) is 6.41. The average molecular weight is 636 g/mol. The van der Waals surface area contributed by atoms with E-state index >= 15 is 0 Å². The lowest BCUT2D eigenvalue weighted by molar-refractivity contribution is -0.129. The first-order chi connectivity index (χ1) is 13.9. The van der Waals surface area contributed by atoms with Gasteiger partial charge in [0.15, 0.2) is 17.2 Å². The summed E-state index contributed by atoms with van der Waals surface area (Å²) in [4.78, 5) is 16.7. The van der Waals surface area contributed by atoms with Gasteiger partial charge in [-0.3, -0.25) is 0 Å². The van der Waals surface area contributed by atoms with Crippen molar-refractivity contribution in [3.63, 3.8) is 0 Å². The summed E-state index contributed by atoms with van der Waals surface area (Å²) in [5, 5.41) is 0.468. The number of carbonyl (C=O) groups excluding carboxylic acids is 1. The van der Waals surface area contributed by atoms with Gasteiger partial charge in [0.2, 0.25) is 5.90 Å². The maximum Gasteiger partial charge on any atom is 0.363 e. The lowest BCUT2D eigenvalue weighted by Crippen LogP contribution is -2.06. The van der Waals surface area contributed by atoms with Crippen LogP contribution in [0.3, 0.4) is 0 Å². The molecule has 0 aromatic heterocycles. The van der Waals surface area contributed by atoms with E-state index in [0.29, 0.717) is 35.3 Å². The molecule has 5 nitrogen and oxygen atoms in total. The third-order valence-corrected chi connectivity index (χ3v) is 5.56. The van der Waals surface area contributed by atoms with Crippen LogP contribution in [-0.2, 0) is 9.53 Å². The van der Waals surface area contributed by atoms with Crippen molar-refractivity contribution in [1.29, 1.82) is 0 Å². The number of rotatable bonds is 7. The monoisotopic (exact) mass is 635 g/mol. The third-order valence-electron chi connectivity index (χ3n) is 3.76. The second kappa shape index (κ2) is 9.94. The van der Waals surface area contributed by atoms with E-state index in [9.17, 15) is 4.79 Å². The topological polar surface area (TPSA) is 57.1 Å². The lowest BCUT2D eigenvalue weighted by Gasteiger charge is -2.13. The molecule has 29 heavy (non-hydrogen) atoms. The van der Waals surface area contributed by atoms with E-state index < -0.39 is 5.97 Å². The number of aliphatic imine (C=N–C) groups is 1. The van der Waals surface area contributed by atoms with Gasteiger partial charge in [0, 0.05) is 3.57 Å². The second-order valence-electron chi connectivity index (χ2n) is 5.82. The van der Waals surface area contributed by atoms with Crippen LogP contribution in [0.25, 0.3) is 6.08 Å². The van der Waals surface area contributed by atoms with Crippen LogP contribution in [0.15, 0.2) is 53.7 Å². The molecule has 3 rings (SSSR count). The van der Waals surface area contributed by atoms with E-state index in [1.807, 2.05) is 25.1 Å². The van der Waals surface area contributed by atoms with E-state index in [0.717, 1.165) is 12.7 Å². The van der Waals surface area contributed by atoms with Crippen molar-refractivity contribution in [2.24, 2.45) is 4.99 Å². The molecule has 1 aliphatic rings. The Labute approximate surface area is 201 Å². The summed E-state index contributed by atoms with van der Waals surface area (Å²) in [5.74, 6) is 0.882. The van der Waals surface area contributed by atoms with E-state index in [-0.39, 0.29) is 11.6 Å². The first-order valence-electron chi connectivity index (χ1n) is 8.61. The molecule has 0 atom stereocenters. The zero-order chi connectivity index (χ0) is 21.0. The first kappa shape index (κ1) is 22.1. The largest absolute Gasteiger partial charge is 0.490 e. The highest BCUT2D eigenvalue weighted by Gasteiger charge is 2.26. The third kappa shape index (κ3) is 5.32. The number of hydrogen-bond donors (Lipinski definition) is 0. The fourth-order valence-corrected chi connectivity index (χ4v) is 4.03. The predicted octanol–water partition coefficient (Wildman–Crippen LogP) is 5.86. The van der Waals surface area contributed by atoms with Crippen molar-refractivity contribution in [2.75, 3.05) is 13.2 Å². The predicted molar refractivity (Wildman–Crippen MR) is 131 cm³/mol. The van der Waals surface area contributed by atoms with Crippen LogP contribution in [-0.4, -0.2) is 25.1 Å². The summed E-state index contributed by atoms with van der Waals surface area (Å²) >= 11 is 10.6. The van der Waals surface area contributed by atoms with Gasteiger partial charge in [-0.25, -0.2) is 9.79 Å². The van der Waals surface area contributed by atoms with Crippen molar-refractivity contribution in [3.05, 3.63) is 72.0 Å². The fraction of sp³-hybridized carbons (Fsp3) is 0.143. The maximum absolute atomic E-state index is 12.3. The van der Waals surface area contributed by atoms with E-state index in [2.05, 4.69) is 56.8 Å². The normalized spacial score (nSPS) is 14.6. The molecule has 1 heterocycles. The second-order valence-corrected chi connectivity index (χ2v) is 8.64. The molecule has 0 fully saturated rings. The highest BCUT2D eigenvalue weighted by molar-refractivity contribution is 14.1. The van der Waals surface area contributed by atoms with Crippen molar-refractivity contribution < 1.29 is 19.0 Å². The van der Waals surface area contributed by atoms with Crippen LogP contribution in [0.1, 0.15) is 18.1 Å². The van der Waals surface area contributed by atoms with E-state index in [1.165, 1.54) is 0 Å². The van der Waals surface area contributed by atoms with Gasteiger partial charge in [-0.05, 0) is 94.1 Å². The lowest BCUT2D eigenvalue weighted by atomic mass is 10.1. The Hall–Kier alpha value is -1.59. The highest BCUT2D eigenvalue weighted by Crippen LogP contribution is 2.35. The molecule has 0 amide bonds. The molecule has 0 saturated carbocycles. The zero-order valence-electron chi connectivity index (χ0n) is 15.4. The van der Waals surface area contributed by atoms with Crippen molar-refractivity contribution in [3.8, 4) is 11.5 Å². The molecule has 0 spiro atoms. The smallest absolute Gasteiger partial charge is 0.363 e. The van der Waals surface area contributed by atoms with Gasteiger partial charge in [0.1, 0.15) is 6.61 Å². The van der Waals surface area contributed by atoms with Gasteiger partial charge in [-0.1, -0.05) is 24.3 Å². The minimum atomic E-state index is -0.533. The summed E-state index contributed by atoms with van der Waals surface area (Å²) in [6, 6.07) is 9.12. The Morgan fingerprint density at radius 3 is 2.76 bits per heavy atom. The molecular formula is C21H16ClI2NO4. The van der Waals surface area contributed by atoms with Gasteiger partial charge in [0.05, 0.1) is 20.8 Å². The molecule has 0 saturated heterocycles. The molecule has 0 aliphatic carbocycles. The quantitative estimate of drug-likeness (QED) is 0.166. The summed E-state index contributed by atoms with van der Waals surface area (Å²) in [6.07, 6.45) is 3.32. The molecule has 0 unspecified atom stereocenters. The Balaban J connectivity index is 1.98. The van der Waals surface area contributed by atoms with Crippen molar-refractivity contribution >= 4 is 74.7 Å². The minimum absolute atomic E-state index is 0.188. The molecule has 150 valence electrons. The molecule has 2 aromatic carbocycles. The molecule has 2 aromatic rings. The van der Waals surface area contributed by atoms with Gasteiger partial charge >= 0.3 is 5.97 Å². The average Bonchev–Trinajstić information content (AvgIpc) is 3.03. The SMILES string of the molecule is C=CCOc1c(I)cc(/C=C2\N=C(c3cc(I)ccc3Cl)OC2=O)cc1OCC. The Morgan fingerprint density at radius 2 is 2.03 bits per heavy atom. The number of esters is 1. The van der Waals surface area contributed by atoms with Gasteiger partial charge < -0.3 is 14.2 Å². The highest BCUT2D eigenvalue weighted by atomic mass is 127. The number of hydrogen-bond acceptors (Lipinski definition) is 5. The number of benzene rings is 2. The summed E-state index contributed by atoms with van der Waals surface area (Å²) in [7, 11) is 0. The Kier molecular flexibility index (Phi) is 7.58. The van der Waals surface area contributed by atoms with E-state index in [4.69, 9.17) is 25.8 Å². The van der Waals surface area contributed by atoms with Crippen molar-refractivity contribution in [2.45, 2.75) is 6.92 Å². The van der Waals surface area contributed by atoms with Crippen LogP contribution >= 0.6 is 56.8 Å². The molecule has 0 N–H and O–H groups in total. The van der Waals surface area contributed by atoms with Crippen LogP contribution in [0.2, 0.25) is 5.02 Å². The van der Waals surface area contributed by atoms with Gasteiger partial charge in [-0.2, -0.15) is 0 Å². The standard InChI is InChI=1S/C21H16ClI2NO4/c1-3-7-28-19-16(24)8-12(10-18(19)27-4-2)9-17-21(26)29-20(25-17)14-11-13(23)5-6-15(14)22/h3,5-6,8-11H,1,4,7H2,2H3/b17-9-. The molecule has 0 bridgehead atoms. The number of ether oxygens (including phenoxy) is 3. The fourth-order valence-electron chi connectivity index (χ4n) is 2.56. The molecule has 8 heteroatoms. The van der Waals surface area contributed by atoms with E-state index in [1.54, 1.807) is 24.3 Å². The summed E-state index contributed by atoms with van der Waals surface area (Å²) in [5.41, 5.74) is 1.51. The number of carbonyl (C=O) groups is 1. The number of nitrogens with zero attached hydrogens (tertiary/aromatic N) is 1. The molecule has 1 aliphatic heterocycles. The minimum Gasteiger partial charge on any atom is -0.490 e. The van der Waals surface area contributed by atoms with Gasteiger partial charge in [-0.15, -0.1) is 0 Å². The number of halogens is 3.